The number of hydrogen-bond acceptors (Lipinski definition) is 1. The van der Waals surface area contributed by atoms with Gasteiger partial charge in [-0.15, -0.1) is 0 Å². The van der Waals surface area contributed by atoms with Crippen molar-refractivity contribution in [2.24, 2.45) is 5.73 Å². The smallest absolute Gasteiger partial charge is 0.0685 e. The molecule has 1 aromatic heterocycles. The topological polar surface area (TPSA) is 30.9 Å². The number of benzene rings is 1. The molecule has 0 aliphatic rings. The molecule has 74 valence electrons. The number of halogens is 2. The largest absolute Gasteiger partial charge is 0.343 e. The molecule has 0 radical (unpaired) electrons. The lowest BCUT2D eigenvalue weighted by Gasteiger charge is -2.03. The summed E-state index contributed by atoms with van der Waals surface area (Å²) in [6.45, 7) is 1.30. The van der Waals surface area contributed by atoms with Crippen molar-refractivity contribution in [3.05, 3.63) is 34.4 Å². The zero-order chi connectivity index (χ0) is 10.1. The van der Waals surface area contributed by atoms with E-state index in [9.17, 15) is 0 Å². The number of nitrogens with two attached hydrogens (primary N) is 1. The van der Waals surface area contributed by atoms with Gasteiger partial charge in [-0.1, -0.05) is 35.3 Å². The van der Waals surface area contributed by atoms with Crippen LogP contribution in [0.15, 0.2) is 24.4 Å². The molecule has 0 atom stereocenters. The minimum Gasteiger partial charge on any atom is -0.343 e. The van der Waals surface area contributed by atoms with Crippen LogP contribution in [0.4, 0.5) is 0 Å². The highest BCUT2D eigenvalue weighted by atomic mass is 35.5. The molecule has 4 heteroatoms. The Balaban J connectivity index is 2.72. The van der Waals surface area contributed by atoms with Crippen LogP contribution in [0.3, 0.4) is 0 Å². The van der Waals surface area contributed by atoms with Crippen LogP contribution < -0.4 is 5.73 Å². The lowest BCUT2D eigenvalue weighted by Crippen LogP contribution is -2.08. The van der Waals surface area contributed by atoms with Crippen molar-refractivity contribution in [3.63, 3.8) is 0 Å². The van der Waals surface area contributed by atoms with Crippen molar-refractivity contribution < 1.29 is 0 Å². The first-order chi connectivity index (χ1) is 6.74. The van der Waals surface area contributed by atoms with Crippen LogP contribution in [0.25, 0.3) is 10.9 Å². The summed E-state index contributed by atoms with van der Waals surface area (Å²) in [6, 6.07) is 5.70. The van der Waals surface area contributed by atoms with Crippen molar-refractivity contribution in [1.82, 2.24) is 4.57 Å². The van der Waals surface area contributed by atoms with Gasteiger partial charge in [0.05, 0.1) is 15.6 Å². The van der Waals surface area contributed by atoms with Gasteiger partial charge in [-0.05, 0) is 6.07 Å². The average molecular weight is 229 g/mol. The Morgan fingerprint density at radius 3 is 2.71 bits per heavy atom. The molecule has 14 heavy (non-hydrogen) atoms. The number of fused-ring (bicyclic) bond motifs is 1. The summed E-state index contributed by atoms with van der Waals surface area (Å²) < 4.78 is 1.99. The molecule has 0 spiro atoms. The van der Waals surface area contributed by atoms with Crippen LogP contribution in [0.2, 0.25) is 10.0 Å². The average Bonchev–Trinajstić information content (AvgIpc) is 2.46. The Morgan fingerprint density at radius 1 is 1.21 bits per heavy atom. The number of para-hydroxylation sites is 1. The maximum atomic E-state index is 6.09. The monoisotopic (exact) mass is 228 g/mol. The molecule has 1 heterocycles. The number of hydrogen-bond donors (Lipinski definition) is 1. The van der Waals surface area contributed by atoms with Gasteiger partial charge >= 0.3 is 0 Å². The molecule has 0 fully saturated rings. The second kappa shape index (κ2) is 3.81. The van der Waals surface area contributed by atoms with Crippen LogP contribution in [0.5, 0.6) is 0 Å². The van der Waals surface area contributed by atoms with Crippen molar-refractivity contribution in [2.45, 2.75) is 6.54 Å². The minimum absolute atomic E-state index is 0.575. The first kappa shape index (κ1) is 9.84. The number of aromatic nitrogens is 1. The Kier molecular flexibility index (Phi) is 2.68. The Morgan fingerprint density at radius 2 is 2.00 bits per heavy atom. The fourth-order valence-electron chi connectivity index (χ4n) is 1.59. The fraction of sp³-hybridized carbons (Fsp3) is 0.200. The van der Waals surface area contributed by atoms with Crippen molar-refractivity contribution in [2.75, 3.05) is 6.54 Å². The van der Waals surface area contributed by atoms with Gasteiger partial charge in [0.25, 0.3) is 0 Å². The maximum Gasteiger partial charge on any atom is 0.0685 e. The van der Waals surface area contributed by atoms with Crippen LogP contribution >= 0.6 is 23.2 Å². The Labute approximate surface area is 92.2 Å². The van der Waals surface area contributed by atoms with Gasteiger partial charge < -0.3 is 10.3 Å². The Bertz CT molecular complexity index is 462. The van der Waals surface area contributed by atoms with E-state index >= 15 is 0 Å². The van der Waals surface area contributed by atoms with E-state index in [1.807, 2.05) is 29.0 Å². The predicted octanol–water partition coefficient (Wildman–Crippen LogP) is 2.91. The van der Waals surface area contributed by atoms with E-state index in [0.717, 1.165) is 22.5 Å². The lowest BCUT2D eigenvalue weighted by atomic mass is 10.2. The van der Waals surface area contributed by atoms with Crippen LogP contribution in [-0.2, 0) is 6.54 Å². The third-order valence-electron chi connectivity index (χ3n) is 2.17. The first-order valence-corrected chi connectivity index (χ1v) is 5.12. The molecule has 0 saturated carbocycles. The Hall–Kier alpha value is -0.700. The van der Waals surface area contributed by atoms with E-state index in [0.29, 0.717) is 11.6 Å². The summed E-state index contributed by atoms with van der Waals surface area (Å²) in [5.41, 5.74) is 6.47. The van der Waals surface area contributed by atoms with Crippen molar-refractivity contribution >= 4 is 34.1 Å². The normalized spacial score (nSPS) is 11.1. The molecular weight excluding hydrogens is 219 g/mol. The first-order valence-electron chi connectivity index (χ1n) is 4.37. The second-order valence-electron chi connectivity index (χ2n) is 3.10. The molecule has 0 aliphatic heterocycles. The predicted molar refractivity (Wildman–Crippen MR) is 61.0 cm³/mol. The van der Waals surface area contributed by atoms with Crippen LogP contribution in [0.1, 0.15) is 0 Å². The second-order valence-corrected chi connectivity index (χ2v) is 3.91. The van der Waals surface area contributed by atoms with Crippen LogP contribution in [-0.4, -0.2) is 11.1 Å². The van der Waals surface area contributed by atoms with Crippen molar-refractivity contribution in [1.29, 1.82) is 0 Å². The molecule has 2 aromatic rings. The maximum absolute atomic E-state index is 6.09. The zero-order valence-corrected chi connectivity index (χ0v) is 9.02. The summed E-state index contributed by atoms with van der Waals surface area (Å²) >= 11 is 12.2. The van der Waals surface area contributed by atoms with Crippen molar-refractivity contribution in [3.8, 4) is 0 Å². The molecule has 0 saturated heterocycles. The van der Waals surface area contributed by atoms with Gasteiger partial charge in [-0.2, -0.15) is 0 Å². The summed E-state index contributed by atoms with van der Waals surface area (Å²) in [4.78, 5) is 0. The SMILES string of the molecule is NCCn1cc(Cl)c2cccc(Cl)c21. The van der Waals surface area contributed by atoms with Gasteiger partial charge in [0.1, 0.15) is 0 Å². The highest BCUT2D eigenvalue weighted by Gasteiger charge is 2.08. The van der Waals surface area contributed by atoms with Crippen LogP contribution in [0, 0.1) is 0 Å². The summed E-state index contributed by atoms with van der Waals surface area (Å²) in [7, 11) is 0. The van der Waals surface area contributed by atoms with Gasteiger partial charge in [0.2, 0.25) is 0 Å². The van der Waals surface area contributed by atoms with E-state index in [-0.39, 0.29) is 0 Å². The molecule has 2 nitrogen and oxygen atoms in total. The molecule has 2 rings (SSSR count). The molecule has 2 N–H and O–H groups in total. The van der Waals surface area contributed by atoms with E-state index < -0.39 is 0 Å². The minimum atomic E-state index is 0.575. The molecule has 0 unspecified atom stereocenters. The van der Waals surface area contributed by atoms with Gasteiger partial charge in [-0.25, -0.2) is 0 Å². The standard InChI is InChI=1S/C10H10Cl2N2/c11-8-3-1-2-7-9(12)6-14(5-4-13)10(7)8/h1-3,6H,4-5,13H2. The third-order valence-corrected chi connectivity index (χ3v) is 2.78. The fourth-order valence-corrected chi connectivity index (χ4v) is 2.14. The summed E-state index contributed by atoms with van der Waals surface area (Å²) in [5, 5.41) is 2.41. The van der Waals surface area contributed by atoms with Gasteiger partial charge in [0, 0.05) is 24.7 Å². The van der Waals surface area contributed by atoms with E-state index in [2.05, 4.69) is 0 Å². The van der Waals surface area contributed by atoms with Gasteiger partial charge in [-0.3, -0.25) is 0 Å². The molecule has 0 amide bonds. The highest BCUT2D eigenvalue weighted by Crippen LogP contribution is 2.30. The summed E-state index contributed by atoms with van der Waals surface area (Å²) in [5.74, 6) is 0. The lowest BCUT2D eigenvalue weighted by molar-refractivity contribution is 0.735. The summed E-state index contributed by atoms with van der Waals surface area (Å²) in [6.07, 6.45) is 1.87. The third kappa shape index (κ3) is 1.50. The number of nitrogens with zero attached hydrogens (tertiary/aromatic N) is 1. The quantitative estimate of drug-likeness (QED) is 0.843. The van der Waals surface area contributed by atoms with Gasteiger partial charge in [0.15, 0.2) is 0 Å². The molecule has 1 aromatic carbocycles. The van der Waals surface area contributed by atoms with E-state index in [1.165, 1.54) is 0 Å². The zero-order valence-electron chi connectivity index (χ0n) is 7.50. The molecule has 0 bridgehead atoms. The molecule has 0 aliphatic carbocycles. The van der Waals surface area contributed by atoms with E-state index in [4.69, 9.17) is 28.9 Å². The highest BCUT2D eigenvalue weighted by molar-refractivity contribution is 6.39. The number of rotatable bonds is 2. The van der Waals surface area contributed by atoms with E-state index in [1.54, 1.807) is 0 Å². The molecular formula is C10H10Cl2N2.